The number of hydrogen-bond donors (Lipinski definition) is 0. The lowest BCUT2D eigenvalue weighted by Crippen LogP contribution is -2.17. The van der Waals surface area contributed by atoms with Crippen molar-refractivity contribution in [3.8, 4) is 5.75 Å². The fraction of sp³-hybridized carbons (Fsp3) is 0.429. The summed E-state index contributed by atoms with van der Waals surface area (Å²) < 4.78 is 18.9. The zero-order chi connectivity index (χ0) is 12.3. The van der Waals surface area contributed by atoms with Crippen LogP contribution >= 0.6 is 0 Å². The van der Waals surface area contributed by atoms with Gasteiger partial charge in [0.2, 0.25) is 0 Å². The summed E-state index contributed by atoms with van der Waals surface area (Å²) in [6.07, 6.45) is 0. The number of hydrogen-bond acceptors (Lipinski definition) is 1. The summed E-state index contributed by atoms with van der Waals surface area (Å²) in [7, 11) is 0. The number of rotatable bonds is 3. The van der Waals surface area contributed by atoms with E-state index in [1.165, 1.54) is 6.07 Å². The Bertz CT molecular complexity index is 388. The molecule has 16 heavy (non-hydrogen) atoms. The number of ether oxygens (including phenoxy) is 1. The van der Waals surface area contributed by atoms with E-state index in [0.717, 1.165) is 11.1 Å². The molecule has 0 saturated heterocycles. The van der Waals surface area contributed by atoms with Crippen LogP contribution in [0.5, 0.6) is 5.75 Å². The van der Waals surface area contributed by atoms with E-state index in [-0.39, 0.29) is 11.2 Å². The molecular formula is C14H19FO. The van der Waals surface area contributed by atoms with Crippen molar-refractivity contribution >= 4 is 5.57 Å². The van der Waals surface area contributed by atoms with Gasteiger partial charge in [-0.15, -0.1) is 0 Å². The molecule has 0 fully saturated rings. The normalized spacial score (nSPS) is 11.3. The van der Waals surface area contributed by atoms with Gasteiger partial charge >= 0.3 is 0 Å². The first-order chi connectivity index (χ1) is 7.29. The highest BCUT2D eigenvalue weighted by molar-refractivity contribution is 5.62. The molecule has 0 unspecified atom stereocenters. The van der Waals surface area contributed by atoms with Crippen LogP contribution in [0.4, 0.5) is 4.39 Å². The van der Waals surface area contributed by atoms with Crippen LogP contribution in [0.25, 0.3) is 5.57 Å². The van der Waals surface area contributed by atoms with E-state index >= 15 is 0 Å². The Morgan fingerprint density at radius 3 is 2.50 bits per heavy atom. The van der Waals surface area contributed by atoms with Crippen molar-refractivity contribution in [3.05, 3.63) is 36.2 Å². The van der Waals surface area contributed by atoms with Gasteiger partial charge < -0.3 is 4.74 Å². The first-order valence-corrected chi connectivity index (χ1v) is 5.38. The molecule has 0 amide bonds. The van der Waals surface area contributed by atoms with E-state index in [1.54, 1.807) is 12.1 Å². The van der Waals surface area contributed by atoms with Crippen molar-refractivity contribution in [1.29, 1.82) is 0 Å². The largest absolute Gasteiger partial charge is 0.490 e. The molecule has 0 aliphatic heterocycles. The second-order valence-electron chi connectivity index (χ2n) is 5.27. The quantitative estimate of drug-likeness (QED) is 0.741. The summed E-state index contributed by atoms with van der Waals surface area (Å²) in [5.41, 5.74) is 1.83. The molecule has 0 radical (unpaired) electrons. The van der Waals surface area contributed by atoms with E-state index in [4.69, 9.17) is 4.74 Å². The van der Waals surface area contributed by atoms with Crippen LogP contribution in [0.15, 0.2) is 24.8 Å². The molecule has 0 spiro atoms. The van der Waals surface area contributed by atoms with Crippen molar-refractivity contribution in [2.45, 2.75) is 27.7 Å². The first-order valence-electron chi connectivity index (χ1n) is 5.38. The van der Waals surface area contributed by atoms with Crippen molar-refractivity contribution in [3.63, 3.8) is 0 Å². The van der Waals surface area contributed by atoms with Crippen molar-refractivity contribution in [2.24, 2.45) is 5.41 Å². The van der Waals surface area contributed by atoms with Gasteiger partial charge in [0.1, 0.15) is 0 Å². The Balaban J connectivity index is 2.86. The van der Waals surface area contributed by atoms with Crippen LogP contribution in [0.3, 0.4) is 0 Å². The molecule has 1 rings (SSSR count). The molecule has 0 bridgehead atoms. The highest BCUT2D eigenvalue weighted by Gasteiger charge is 2.13. The Kier molecular flexibility index (Phi) is 3.74. The summed E-state index contributed by atoms with van der Waals surface area (Å²) in [4.78, 5) is 0. The predicted octanol–water partition coefficient (Wildman–Crippen LogP) is 4.28. The molecule has 0 heterocycles. The zero-order valence-electron chi connectivity index (χ0n) is 10.4. The molecule has 0 aliphatic carbocycles. The molecule has 0 aliphatic rings. The van der Waals surface area contributed by atoms with Crippen LogP contribution in [0.1, 0.15) is 33.3 Å². The minimum Gasteiger partial charge on any atom is -0.490 e. The summed E-state index contributed by atoms with van der Waals surface area (Å²) in [5.74, 6) is -0.0234. The van der Waals surface area contributed by atoms with Gasteiger partial charge in [-0.1, -0.05) is 39.0 Å². The standard InChI is InChI=1S/C14H19FO/c1-10(2)11-6-7-12(15)13(8-11)16-9-14(3,4)5/h6-8H,1,9H2,2-5H3. The van der Waals surface area contributed by atoms with E-state index in [1.807, 2.05) is 27.7 Å². The summed E-state index contributed by atoms with van der Waals surface area (Å²) in [6, 6.07) is 4.83. The van der Waals surface area contributed by atoms with Crippen LogP contribution in [-0.2, 0) is 0 Å². The number of benzene rings is 1. The van der Waals surface area contributed by atoms with E-state index in [0.29, 0.717) is 12.4 Å². The lowest BCUT2D eigenvalue weighted by Gasteiger charge is -2.19. The highest BCUT2D eigenvalue weighted by atomic mass is 19.1. The van der Waals surface area contributed by atoms with E-state index in [9.17, 15) is 4.39 Å². The average Bonchev–Trinajstić information content (AvgIpc) is 2.14. The minimum absolute atomic E-state index is 0.0195. The molecule has 2 heteroatoms. The van der Waals surface area contributed by atoms with Crippen LogP contribution in [-0.4, -0.2) is 6.61 Å². The third-order valence-electron chi connectivity index (χ3n) is 2.08. The van der Waals surface area contributed by atoms with Crippen LogP contribution < -0.4 is 4.74 Å². The molecule has 0 saturated carbocycles. The lowest BCUT2D eigenvalue weighted by molar-refractivity contribution is 0.191. The third kappa shape index (κ3) is 3.69. The monoisotopic (exact) mass is 222 g/mol. The molecule has 0 aromatic heterocycles. The SMILES string of the molecule is C=C(C)c1ccc(F)c(OCC(C)(C)C)c1. The van der Waals surface area contributed by atoms with Crippen LogP contribution in [0.2, 0.25) is 0 Å². The van der Waals surface area contributed by atoms with E-state index < -0.39 is 0 Å². The molecule has 1 aromatic carbocycles. The second kappa shape index (κ2) is 4.69. The van der Waals surface area contributed by atoms with Crippen molar-refractivity contribution < 1.29 is 9.13 Å². The Morgan fingerprint density at radius 2 is 2.00 bits per heavy atom. The number of allylic oxidation sites excluding steroid dienone is 1. The fourth-order valence-corrected chi connectivity index (χ4v) is 1.17. The van der Waals surface area contributed by atoms with Gasteiger partial charge in [-0.25, -0.2) is 4.39 Å². The summed E-state index contributed by atoms with van der Waals surface area (Å²) >= 11 is 0. The van der Waals surface area contributed by atoms with Gasteiger partial charge in [-0.3, -0.25) is 0 Å². The smallest absolute Gasteiger partial charge is 0.165 e. The zero-order valence-corrected chi connectivity index (χ0v) is 10.4. The fourth-order valence-electron chi connectivity index (χ4n) is 1.17. The lowest BCUT2D eigenvalue weighted by atomic mass is 9.98. The Hall–Kier alpha value is -1.31. The van der Waals surface area contributed by atoms with Gasteiger partial charge in [0.15, 0.2) is 11.6 Å². The third-order valence-corrected chi connectivity index (χ3v) is 2.08. The molecule has 1 aromatic rings. The highest BCUT2D eigenvalue weighted by Crippen LogP contribution is 2.24. The maximum absolute atomic E-state index is 13.5. The van der Waals surface area contributed by atoms with Crippen LogP contribution in [0, 0.1) is 11.2 Å². The molecular weight excluding hydrogens is 203 g/mol. The summed E-state index contributed by atoms with van der Waals surface area (Å²) in [5, 5.41) is 0. The predicted molar refractivity (Wildman–Crippen MR) is 66.1 cm³/mol. The molecule has 0 N–H and O–H groups in total. The summed E-state index contributed by atoms with van der Waals surface area (Å²) in [6.45, 7) is 12.4. The van der Waals surface area contributed by atoms with Crippen molar-refractivity contribution in [2.75, 3.05) is 6.61 Å². The molecule has 1 nitrogen and oxygen atoms in total. The maximum Gasteiger partial charge on any atom is 0.165 e. The van der Waals surface area contributed by atoms with Gasteiger partial charge in [0.25, 0.3) is 0 Å². The number of halogens is 1. The van der Waals surface area contributed by atoms with Gasteiger partial charge in [-0.2, -0.15) is 0 Å². The van der Waals surface area contributed by atoms with Crippen molar-refractivity contribution in [1.82, 2.24) is 0 Å². The Labute approximate surface area is 96.9 Å². The second-order valence-corrected chi connectivity index (χ2v) is 5.27. The van der Waals surface area contributed by atoms with Gasteiger partial charge in [-0.05, 0) is 30.0 Å². The van der Waals surface area contributed by atoms with Gasteiger partial charge in [0.05, 0.1) is 6.61 Å². The Morgan fingerprint density at radius 1 is 1.38 bits per heavy atom. The first kappa shape index (κ1) is 12.8. The average molecular weight is 222 g/mol. The minimum atomic E-state index is -0.325. The molecule has 0 atom stereocenters. The maximum atomic E-state index is 13.5. The molecule has 88 valence electrons. The topological polar surface area (TPSA) is 9.23 Å². The van der Waals surface area contributed by atoms with Gasteiger partial charge in [0, 0.05) is 0 Å². The van der Waals surface area contributed by atoms with E-state index in [2.05, 4.69) is 6.58 Å².